The van der Waals surface area contributed by atoms with Gasteiger partial charge in [-0.25, -0.2) is 4.98 Å². The summed E-state index contributed by atoms with van der Waals surface area (Å²) in [6.07, 6.45) is 4.67. The fraction of sp³-hybridized carbons (Fsp3) is 0.193. The van der Waals surface area contributed by atoms with E-state index in [0.29, 0.717) is 29.0 Å². The number of ether oxygens (including phenoxy) is 1. The number of hydrogen-bond donors (Lipinski definition) is 0. The number of para-hydroxylation sites is 1. The maximum Gasteiger partial charge on any atom is 0.223 e. The molecule has 3 aromatic heterocycles. The molecule has 0 saturated carbocycles. The van der Waals surface area contributed by atoms with Gasteiger partial charge in [0.2, 0.25) is 11.8 Å². The maximum absolute atomic E-state index is 6.51. The zero-order valence-electron chi connectivity index (χ0n) is 35.3. The van der Waals surface area contributed by atoms with E-state index in [-0.39, 0.29) is 0 Å². The van der Waals surface area contributed by atoms with Gasteiger partial charge in [0.15, 0.2) is 0 Å². The van der Waals surface area contributed by atoms with Crippen LogP contribution in [0.5, 0.6) is 11.8 Å². The molecule has 0 N–H and O–H groups in total. The van der Waals surface area contributed by atoms with Crippen LogP contribution < -0.4 is 4.74 Å². The molecule has 6 aromatic carbocycles. The molecule has 11 rings (SSSR count). The minimum absolute atomic E-state index is 0.329. The molecule has 0 unspecified atom stereocenters. The number of pyridine rings is 2. The molecule has 0 saturated heterocycles. The summed E-state index contributed by atoms with van der Waals surface area (Å²) >= 11 is 0. The average molecular weight is 792 g/mol. The van der Waals surface area contributed by atoms with E-state index in [1.54, 1.807) is 0 Å². The molecule has 2 aliphatic carbocycles. The van der Waals surface area contributed by atoms with E-state index in [9.17, 15) is 0 Å². The second-order valence-corrected chi connectivity index (χ2v) is 18.0. The van der Waals surface area contributed by atoms with E-state index in [4.69, 9.17) is 14.7 Å². The molecule has 0 amide bonds. The van der Waals surface area contributed by atoms with Gasteiger partial charge in [-0.3, -0.25) is 4.57 Å². The highest BCUT2D eigenvalue weighted by atomic mass is 16.5. The van der Waals surface area contributed by atoms with Crippen LogP contribution in [-0.2, 0) is 25.7 Å². The number of aromatic nitrogens is 3. The number of rotatable bonds is 8. The quantitative estimate of drug-likeness (QED) is 0.154. The van der Waals surface area contributed by atoms with Crippen LogP contribution in [0.2, 0.25) is 0 Å². The monoisotopic (exact) mass is 791 g/mol. The molecule has 0 fully saturated rings. The number of nitrogens with zero attached hydrogens (tertiary/aromatic N) is 3. The van der Waals surface area contributed by atoms with Crippen molar-refractivity contribution in [2.45, 2.75) is 65.2 Å². The van der Waals surface area contributed by atoms with Crippen molar-refractivity contribution in [1.29, 1.82) is 0 Å². The molecular weight excluding hydrogens is 743 g/mol. The number of hydrogen-bond acceptors (Lipinski definition) is 3. The summed E-state index contributed by atoms with van der Waals surface area (Å²) in [6, 6.07) is 59.1. The van der Waals surface area contributed by atoms with Crippen molar-refractivity contribution in [2.75, 3.05) is 0 Å². The topological polar surface area (TPSA) is 39.9 Å². The molecule has 0 aliphatic heterocycles. The van der Waals surface area contributed by atoms with Gasteiger partial charge in [-0.1, -0.05) is 137 Å². The Morgan fingerprint density at radius 3 is 1.85 bits per heavy atom. The highest BCUT2D eigenvalue weighted by Gasteiger charge is 2.42. The lowest BCUT2D eigenvalue weighted by Crippen LogP contribution is -2.21. The van der Waals surface area contributed by atoms with Gasteiger partial charge in [-0.2, -0.15) is 4.98 Å². The molecular formula is C57H49N3O. The molecule has 61 heavy (non-hydrogen) atoms. The molecule has 0 atom stereocenters. The van der Waals surface area contributed by atoms with Gasteiger partial charge < -0.3 is 4.74 Å². The Hall–Kier alpha value is -6.78. The molecule has 0 radical (unpaired) electrons. The van der Waals surface area contributed by atoms with Crippen molar-refractivity contribution in [1.82, 2.24) is 14.5 Å². The molecule has 2 aliphatic rings. The molecule has 298 valence electrons. The maximum atomic E-state index is 6.51. The second kappa shape index (κ2) is 14.7. The number of fused-ring (bicyclic) bond motifs is 5. The lowest BCUT2D eigenvalue weighted by atomic mass is 9.82. The van der Waals surface area contributed by atoms with Crippen molar-refractivity contribution in [3.63, 3.8) is 0 Å². The summed E-state index contributed by atoms with van der Waals surface area (Å²) in [5, 5.41) is 2.24. The van der Waals surface area contributed by atoms with E-state index in [2.05, 4.69) is 178 Å². The highest BCUT2D eigenvalue weighted by Crippen LogP contribution is 2.48. The molecule has 4 nitrogen and oxygen atoms in total. The van der Waals surface area contributed by atoms with Gasteiger partial charge in [-0.05, 0) is 141 Å². The Balaban J connectivity index is 0.911. The Morgan fingerprint density at radius 2 is 1.10 bits per heavy atom. The Kier molecular flexibility index (Phi) is 9.00. The van der Waals surface area contributed by atoms with E-state index in [1.807, 2.05) is 18.2 Å². The van der Waals surface area contributed by atoms with E-state index >= 15 is 0 Å². The van der Waals surface area contributed by atoms with Crippen LogP contribution in [0.15, 0.2) is 164 Å². The van der Waals surface area contributed by atoms with E-state index < -0.39 is 0 Å². The smallest absolute Gasteiger partial charge is 0.223 e. The third kappa shape index (κ3) is 6.62. The fourth-order valence-electron chi connectivity index (χ4n) is 10.4. The summed E-state index contributed by atoms with van der Waals surface area (Å²) < 4.78 is 8.76. The van der Waals surface area contributed by atoms with E-state index in [0.717, 1.165) is 51.7 Å². The average Bonchev–Trinajstić information content (AvgIpc) is 3.94. The van der Waals surface area contributed by atoms with Crippen molar-refractivity contribution in [2.24, 2.45) is 5.41 Å². The van der Waals surface area contributed by atoms with Gasteiger partial charge >= 0.3 is 0 Å². The Labute approximate surface area is 358 Å². The first-order chi connectivity index (χ1) is 29.8. The number of benzene rings is 6. The zero-order chi connectivity index (χ0) is 41.2. The second-order valence-electron chi connectivity index (χ2n) is 18.0. The van der Waals surface area contributed by atoms with Crippen LogP contribution >= 0.6 is 0 Å². The summed E-state index contributed by atoms with van der Waals surface area (Å²) in [5.41, 5.74) is 19.1. The van der Waals surface area contributed by atoms with Crippen LogP contribution in [0.1, 0.15) is 72.9 Å². The van der Waals surface area contributed by atoms with E-state index in [1.165, 1.54) is 68.5 Å². The highest BCUT2D eigenvalue weighted by molar-refractivity contribution is 6.09. The largest absolute Gasteiger partial charge is 0.421 e. The predicted molar refractivity (Wildman–Crippen MR) is 251 cm³/mol. The van der Waals surface area contributed by atoms with Gasteiger partial charge in [0.25, 0.3) is 0 Å². The molecule has 3 heterocycles. The van der Waals surface area contributed by atoms with Crippen LogP contribution in [0, 0.1) is 5.41 Å². The van der Waals surface area contributed by atoms with Crippen molar-refractivity contribution in [3.8, 4) is 51.0 Å². The molecule has 0 bridgehead atoms. The SMILES string of the molecule is CC(C)c1cccc(C(C)C)c1-c1ccc2c(c1)c1ccc(Oc3cccc(-c4cccc(-c5ccc6c(c5)CC5(Cc7ccccc7C5)C6)c4)n3)nc1n2-c1ccccc1. The normalized spacial score (nSPS) is 14.1. The minimum atomic E-state index is 0.329. The predicted octanol–water partition coefficient (Wildman–Crippen LogP) is 14.5. The van der Waals surface area contributed by atoms with Gasteiger partial charge in [0.05, 0.1) is 11.2 Å². The van der Waals surface area contributed by atoms with Crippen LogP contribution in [0.25, 0.3) is 61.1 Å². The standard InChI is InChI=1S/C57H49N3O/c1-36(2)47-19-11-20-48(37(3)4)55(47)41-25-27-52-50(31-41)49-26-28-54(59-56(49)60(52)46-17-6-5-7-18-46)61-53-22-12-21-51(58-53)40-16-10-15-38(29-40)39-23-24-44-34-57(35-45(44)30-39)32-42-13-8-9-14-43(42)33-57/h5-31,36-37H,32-35H2,1-4H3. The first-order valence-corrected chi connectivity index (χ1v) is 21.9. The molecule has 4 heteroatoms. The first kappa shape index (κ1) is 37.2. The third-order valence-electron chi connectivity index (χ3n) is 13.3. The van der Waals surface area contributed by atoms with Crippen LogP contribution in [-0.4, -0.2) is 14.5 Å². The Bertz CT molecular complexity index is 3090. The minimum Gasteiger partial charge on any atom is -0.421 e. The Morgan fingerprint density at radius 1 is 0.475 bits per heavy atom. The lowest BCUT2D eigenvalue weighted by Gasteiger charge is -2.21. The van der Waals surface area contributed by atoms with Gasteiger partial charge in [-0.15, -0.1) is 0 Å². The lowest BCUT2D eigenvalue weighted by molar-refractivity contribution is 0.326. The summed E-state index contributed by atoms with van der Waals surface area (Å²) in [4.78, 5) is 10.2. The molecule has 9 aromatic rings. The summed E-state index contributed by atoms with van der Waals surface area (Å²) in [6.45, 7) is 9.14. The van der Waals surface area contributed by atoms with Crippen molar-refractivity contribution >= 4 is 21.9 Å². The first-order valence-electron chi connectivity index (χ1n) is 21.9. The van der Waals surface area contributed by atoms with Crippen molar-refractivity contribution in [3.05, 3.63) is 197 Å². The fourth-order valence-corrected chi connectivity index (χ4v) is 10.4. The zero-order valence-corrected chi connectivity index (χ0v) is 35.3. The van der Waals surface area contributed by atoms with Gasteiger partial charge in [0, 0.05) is 34.2 Å². The molecule has 1 spiro atoms. The summed E-state index contributed by atoms with van der Waals surface area (Å²) in [7, 11) is 0. The van der Waals surface area contributed by atoms with Crippen LogP contribution in [0.4, 0.5) is 0 Å². The van der Waals surface area contributed by atoms with Gasteiger partial charge in [0.1, 0.15) is 5.65 Å². The third-order valence-corrected chi connectivity index (χ3v) is 13.3. The van der Waals surface area contributed by atoms with Crippen molar-refractivity contribution < 1.29 is 4.74 Å². The summed E-state index contributed by atoms with van der Waals surface area (Å²) in [5.74, 6) is 1.81. The van der Waals surface area contributed by atoms with Crippen LogP contribution in [0.3, 0.4) is 0 Å².